The van der Waals surface area contributed by atoms with Crippen molar-refractivity contribution in [3.63, 3.8) is 0 Å². The van der Waals surface area contributed by atoms with Crippen LogP contribution in [0.5, 0.6) is 0 Å². The summed E-state index contributed by atoms with van der Waals surface area (Å²) in [6.07, 6.45) is 6.48. The zero-order chi connectivity index (χ0) is 10.7. The number of carbonyl (C=O) groups is 1. The molecule has 94 valence electrons. The standard InChI is InChI=1S/C12H22N2O.ClH/c1-2-4-12(5-3-6-12)9-14-11(15)10-7-13-8-10;/h10,13H,2-9H2,1H3,(H,14,15);1H. The molecule has 1 heterocycles. The average molecular weight is 247 g/mol. The molecule has 1 amide bonds. The van der Waals surface area contributed by atoms with Crippen LogP contribution in [0.25, 0.3) is 0 Å². The number of nitrogens with one attached hydrogen (secondary N) is 2. The van der Waals surface area contributed by atoms with Crippen molar-refractivity contribution >= 4 is 18.3 Å². The molecular formula is C12H23ClN2O. The van der Waals surface area contributed by atoms with Crippen LogP contribution in [0.15, 0.2) is 0 Å². The maximum Gasteiger partial charge on any atom is 0.225 e. The van der Waals surface area contributed by atoms with Crippen molar-refractivity contribution in [2.75, 3.05) is 19.6 Å². The first-order valence-electron chi connectivity index (χ1n) is 6.24. The first-order valence-corrected chi connectivity index (χ1v) is 6.24. The van der Waals surface area contributed by atoms with Gasteiger partial charge in [-0.05, 0) is 24.7 Å². The van der Waals surface area contributed by atoms with E-state index in [9.17, 15) is 4.79 Å². The second kappa shape index (κ2) is 5.87. The van der Waals surface area contributed by atoms with Crippen LogP contribution in [-0.4, -0.2) is 25.5 Å². The van der Waals surface area contributed by atoms with Crippen LogP contribution in [0.2, 0.25) is 0 Å². The number of hydrogen-bond donors (Lipinski definition) is 2. The van der Waals surface area contributed by atoms with Gasteiger partial charge in [0, 0.05) is 19.6 Å². The first kappa shape index (κ1) is 13.8. The second-order valence-corrected chi connectivity index (χ2v) is 5.18. The van der Waals surface area contributed by atoms with Gasteiger partial charge in [-0.1, -0.05) is 19.8 Å². The largest absolute Gasteiger partial charge is 0.355 e. The predicted molar refractivity (Wildman–Crippen MR) is 67.8 cm³/mol. The van der Waals surface area contributed by atoms with Crippen molar-refractivity contribution in [2.45, 2.75) is 39.0 Å². The molecule has 1 aliphatic heterocycles. The lowest BCUT2D eigenvalue weighted by Gasteiger charge is -2.42. The first-order chi connectivity index (χ1) is 7.26. The molecule has 2 N–H and O–H groups in total. The molecule has 0 bridgehead atoms. The third-order valence-corrected chi connectivity index (χ3v) is 3.98. The molecular weight excluding hydrogens is 224 g/mol. The van der Waals surface area contributed by atoms with Crippen LogP contribution in [-0.2, 0) is 4.79 Å². The van der Waals surface area contributed by atoms with Gasteiger partial charge in [0.1, 0.15) is 0 Å². The van der Waals surface area contributed by atoms with Crippen LogP contribution in [0, 0.1) is 11.3 Å². The van der Waals surface area contributed by atoms with Crippen LogP contribution in [0.3, 0.4) is 0 Å². The number of hydrogen-bond acceptors (Lipinski definition) is 2. The van der Waals surface area contributed by atoms with E-state index in [-0.39, 0.29) is 24.2 Å². The molecule has 2 fully saturated rings. The third kappa shape index (κ3) is 2.89. The minimum absolute atomic E-state index is 0. The minimum atomic E-state index is 0. The van der Waals surface area contributed by atoms with E-state index in [0.717, 1.165) is 19.6 Å². The highest BCUT2D eigenvalue weighted by Gasteiger charge is 2.36. The van der Waals surface area contributed by atoms with Gasteiger partial charge in [0.2, 0.25) is 5.91 Å². The summed E-state index contributed by atoms with van der Waals surface area (Å²) in [5.41, 5.74) is 0.460. The van der Waals surface area contributed by atoms with Crippen molar-refractivity contribution < 1.29 is 4.79 Å². The van der Waals surface area contributed by atoms with Crippen LogP contribution in [0.1, 0.15) is 39.0 Å². The molecule has 2 rings (SSSR count). The molecule has 0 unspecified atom stereocenters. The van der Waals surface area contributed by atoms with Gasteiger partial charge in [0.25, 0.3) is 0 Å². The average Bonchev–Trinajstić information content (AvgIpc) is 2.06. The molecule has 1 saturated carbocycles. The zero-order valence-electron chi connectivity index (χ0n) is 10.1. The fraction of sp³-hybridized carbons (Fsp3) is 0.917. The fourth-order valence-electron chi connectivity index (χ4n) is 2.62. The predicted octanol–water partition coefficient (Wildman–Crippen LogP) is 1.71. The lowest BCUT2D eigenvalue weighted by atomic mass is 9.66. The van der Waals surface area contributed by atoms with Gasteiger partial charge in [0.15, 0.2) is 0 Å². The van der Waals surface area contributed by atoms with Crippen LogP contribution < -0.4 is 10.6 Å². The van der Waals surface area contributed by atoms with Crippen LogP contribution in [0.4, 0.5) is 0 Å². The van der Waals surface area contributed by atoms with Crippen molar-refractivity contribution in [1.82, 2.24) is 10.6 Å². The molecule has 0 spiro atoms. The van der Waals surface area contributed by atoms with E-state index in [1.807, 2.05) is 0 Å². The second-order valence-electron chi connectivity index (χ2n) is 5.18. The minimum Gasteiger partial charge on any atom is -0.355 e. The smallest absolute Gasteiger partial charge is 0.225 e. The van der Waals surface area contributed by atoms with E-state index in [0.29, 0.717) is 5.41 Å². The van der Waals surface area contributed by atoms with E-state index in [2.05, 4.69) is 17.6 Å². The highest BCUT2D eigenvalue weighted by Crippen LogP contribution is 2.44. The molecule has 4 heteroatoms. The Morgan fingerprint density at radius 2 is 2.12 bits per heavy atom. The normalized spacial score (nSPS) is 22.6. The van der Waals surface area contributed by atoms with E-state index < -0.39 is 0 Å². The monoisotopic (exact) mass is 246 g/mol. The quantitative estimate of drug-likeness (QED) is 0.776. The lowest BCUT2D eigenvalue weighted by Crippen LogP contribution is -2.53. The highest BCUT2D eigenvalue weighted by atomic mass is 35.5. The van der Waals surface area contributed by atoms with Crippen LogP contribution >= 0.6 is 12.4 Å². The van der Waals surface area contributed by atoms with Crippen molar-refractivity contribution in [2.24, 2.45) is 11.3 Å². The SMILES string of the molecule is CCCC1(CNC(=O)C2CNC2)CCC1.Cl. The summed E-state index contributed by atoms with van der Waals surface area (Å²) in [6, 6.07) is 0. The summed E-state index contributed by atoms with van der Waals surface area (Å²) in [4.78, 5) is 11.7. The van der Waals surface area contributed by atoms with Gasteiger partial charge < -0.3 is 10.6 Å². The third-order valence-electron chi connectivity index (χ3n) is 3.98. The molecule has 0 atom stereocenters. The molecule has 2 aliphatic rings. The van der Waals surface area contributed by atoms with Gasteiger partial charge in [0.05, 0.1) is 5.92 Å². The Kier molecular flexibility index (Phi) is 5.06. The van der Waals surface area contributed by atoms with Crippen molar-refractivity contribution in [3.8, 4) is 0 Å². The number of carbonyl (C=O) groups excluding carboxylic acids is 1. The lowest BCUT2D eigenvalue weighted by molar-refractivity contribution is -0.127. The maximum atomic E-state index is 11.7. The molecule has 0 aromatic heterocycles. The summed E-state index contributed by atoms with van der Waals surface area (Å²) in [5.74, 6) is 0.500. The molecule has 0 radical (unpaired) electrons. The van der Waals surface area contributed by atoms with Gasteiger partial charge in [-0.3, -0.25) is 4.79 Å². The van der Waals surface area contributed by atoms with Crippen molar-refractivity contribution in [3.05, 3.63) is 0 Å². The molecule has 0 aromatic carbocycles. The summed E-state index contributed by atoms with van der Waals surface area (Å²) < 4.78 is 0. The zero-order valence-corrected chi connectivity index (χ0v) is 10.9. The Balaban J connectivity index is 0.00000128. The van der Waals surface area contributed by atoms with E-state index in [1.54, 1.807) is 0 Å². The Bertz CT molecular complexity index is 237. The number of halogens is 1. The van der Waals surface area contributed by atoms with Gasteiger partial charge >= 0.3 is 0 Å². The van der Waals surface area contributed by atoms with Gasteiger partial charge in [-0.15, -0.1) is 12.4 Å². The van der Waals surface area contributed by atoms with Gasteiger partial charge in [-0.2, -0.15) is 0 Å². The number of rotatable bonds is 5. The molecule has 0 aromatic rings. The van der Waals surface area contributed by atoms with E-state index in [1.165, 1.54) is 32.1 Å². The number of amides is 1. The molecule has 16 heavy (non-hydrogen) atoms. The Labute approximate surface area is 104 Å². The summed E-state index contributed by atoms with van der Waals surface area (Å²) >= 11 is 0. The highest BCUT2D eigenvalue weighted by molar-refractivity contribution is 5.85. The Morgan fingerprint density at radius 3 is 2.50 bits per heavy atom. The molecule has 1 aliphatic carbocycles. The van der Waals surface area contributed by atoms with Gasteiger partial charge in [-0.25, -0.2) is 0 Å². The summed E-state index contributed by atoms with van der Waals surface area (Å²) in [7, 11) is 0. The Hall–Kier alpha value is -0.280. The summed E-state index contributed by atoms with van der Waals surface area (Å²) in [6.45, 7) is 4.88. The summed E-state index contributed by atoms with van der Waals surface area (Å²) in [5, 5.41) is 6.26. The van der Waals surface area contributed by atoms with Crippen molar-refractivity contribution in [1.29, 1.82) is 0 Å². The topological polar surface area (TPSA) is 41.1 Å². The maximum absolute atomic E-state index is 11.7. The molecule has 3 nitrogen and oxygen atoms in total. The fourth-order valence-corrected chi connectivity index (χ4v) is 2.62. The molecule has 1 saturated heterocycles. The Morgan fingerprint density at radius 1 is 1.44 bits per heavy atom. The van der Waals surface area contributed by atoms with E-state index in [4.69, 9.17) is 0 Å². The van der Waals surface area contributed by atoms with E-state index >= 15 is 0 Å².